The number of piperidine rings is 1. The third-order valence-electron chi connectivity index (χ3n) is 6.27. The van der Waals surface area contributed by atoms with Crippen molar-refractivity contribution in [1.29, 1.82) is 0 Å². The lowest BCUT2D eigenvalue weighted by Gasteiger charge is -2.47. The number of carbonyl (C=O) groups is 1. The van der Waals surface area contributed by atoms with Gasteiger partial charge in [0, 0.05) is 30.9 Å². The zero-order chi connectivity index (χ0) is 21.4. The lowest BCUT2D eigenvalue weighted by atomic mass is 9.83. The van der Waals surface area contributed by atoms with Crippen LogP contribution in [0.25, 0.3) is 5.69 Å². The molecule has 31 heavy (non-hydrogen) atoms. The zero-order valence-electron chi connectivity index (χ0n) is 17.9. The van der Waals surface area contributed by atoms with Gasteiger partial charge < -0.3 is 24.3 Å². The van der Waals surface area contributed by atoms with Crippen LogP contribution in [0.15, 0.2) is 60.8 Å². The number of nitrogens with one attached hydrogen (secondary N) is 1. The van der Waals surface area contributed by atoms with Gasteiger partial charge in [-0.15, -0.1) is 0 Å². The molecule has 1 unspecified atom stereocenters. The number of nitrogens with zero attached hydrogens (tertiary/aromatic N) is 2. The van der Waals surface area contributed by atoms with Crippen LogP contribution in [0.2, 0.25) is 0 Å². The summed E-state index contributed by atoms with van der Waals surface area (Å²) < 4.78 is 13.2. The number of likely N-dealkylation sites (tertiary alicyclic amines) is 1. The number of hydrogen-bond donors (Lipinski definition) is 1. The fraction of sp³-hybridized carbons (Fsp3) is 0.320. The minimum absolute atomic E-state index is 0.0541. The van der Waals surface area contributed by atoms with Crippen LogP contribution in [0, 0.1) is 0 Å². The molecule has 1 atom stereocenters. The highest BCUT2D eigenvalue weighted by Gasteiger charge is 2.43. The van der Waals surface area contributed by atoms with Gasteiger partial charge in [0.15, 0.2) is 0 Å². The maximum absolute atomic E-state index is 13.3. The van der Waals surface area contributed by atoms with E-state index in [1.165, 1.54) is 5.69 Å². The summed E-state index contributed by atoms with van der Waals surface area (Å²) >= 11 is 0. The van der Waals surface area contributed by atoms with Crippen LogP contribution in [0.1, 0.15) is 35.8 Å². The molecular weight excluding hydrogens is 390 g/mol. The van der Waals surface area contributed by atoms with E-state index in [-0.39, 0.29) is 11.4 Å². The Morgan fingerprint density at radius 1 is 1.13 bits per heavy atom. The number of amides is 1. The molecule has 1 spiro atoms. The van der Waals surface area contributed by atoms with Crippen LogP contribution in [0.3, 0.4) is 0 Å². The number of rotatable bonds is 4. The highest BCUT2D eigenvalue weighted by Crippen LogP contribution is 2.43. The Morgan fingerprint density at radius 3 is 2.71 bits per heavy atom. The summed E-state index contributed by atoms with van der Waals surface area (Å²) in [5.41, 5.74) is 3.67. The van der Waals surface area contributed by atoms with Gasteiger partial charge in [0.1, 0.15) is 11.5 Å². The lowest BCUT2D eigenvalue weighted by Crippen LogP contribution is -2.54. The van der Waals surface area contributed by atoms with Crippen LogP contribution in [0.4, 0.5) is 5.69 Å². The number of fused-ring (bicyclic) bond motifs is 4. The molecular formula is C25H27N3O3. The van der Waals surface area contributed by atoms with Gasteiger partial charge in [0.25, 0.3) is 5.91 Å². The van der Waals surface area contributed by atoms with Gasteiger partial charge in [0.2, 0.25) is 0 Å². The van der Waals surface area contributed by atoms with Gasteiger partial charge in [-0.1, -0.05) is 0 Å². The first kappa shape index (κ1) is 19.5. The van der Waals surface area contributed by atoms with E-state index in [0.717, 1.165) is 42.3 Å². The second-order valence-corrected chi connectivity index (χ2v) is 8.14. The van der Waals surface area contributed by atoms with Gasteiger partial charge in [0.05, 0.1) is 36.3 Å². The second kappa shape index (κ2) is 7.69. The van der Waals surface area contributed by atoms with E-state index in [0.29, 0.717) is 18.7 Å². The molecule has 0 radical (unpaired) electrons. The summed E-state index contributed by atoms with van der Waals surface area (Å²) in [4.78, 5) is 15.3. The van der Waals surface area contributed by atoms with E-state index >= 15 is 0 Å². The molecule has 160 valence electrons. The van der Waals surface area contributed by atoms with Gasteiger partial charge in [-0.2, -0.15) is 0 Å². The molecule has 1 amide bonds. The van der Waals surface area contributed by atoms with Crippen LogP contribution in [0.5, 0.6) is 11.5 Å². The summed E-state index contributed by atoms with van der Waals surface area (Å²) in [6, 6.07) is 17.8. The van der Waals surface area contributed by atoms with E-state index in [9.17, 15) is 4.79 Å². The topological polar surface area (TPSA) is 55.7 Å². The molecule has 3 aromatic rings. The van der Waals surface area contributed by atoms with Crippen molar-refractivity contribution in [3.63, 3.8) is 0 Å². The number of benzene rings is 2. The van der Waals surface area contributed by atoms with Gasteiger partial charge in [-0.3, -0.25) is 4.79 Å². The maximum atomic E-state index is 13.3. The minimum atomic E-state index is -0.331. The van der Waals surface area contributed by atoms with Crippen LogP contribution in [-0.4, -0.2) is 42.2 Å². The molecule has 2 aliphatic rings. The lowest BCUT2D eigenvalue weighted by molar-refractivity contribution is 0.0652. The number of ether oxygens (including phenoxy) is 2. The third kappa shape index (κ3) is 3.32. The Bertz CT molecular complexity index is 1110. The molecule has 6 heteroatoms. The molecule has 2 aliphatic heterocycles. The number of methoxy groups -OCH3 is 1. The predicted octanol–water partition coefficient (Wildman–Crippen LogP) is 4.44. The fourth-order valence-electron chi connectivity index (χ4n) is 4.84. The first-order valence-electron chi connectivity index (χ1n) is 10.8. The van der Waals surface area contributed by atoms with E-state index < -0.39 is 0 Å². The molecule has 1 fully saturated rings. The normalized spacial score (nSPS) is 19.4. The van der Waals surface area contributed by atoms with Gasteiger partial charge >= 0.3 is 0 Å². The van der Waals surface area contributed by atoms with Gasteiger partial charge in [-0.25, -0.2) is 0 Å². The van der Waals surface area contributed by atoms with E-state index in [1.54, 1.807) is 7.11 Å². The average molecular weight is 418 g/mol. The summed E-state index contributed by atoms with van der Waals surface area (Å²) in [5, 5.41) is 3.78. The summed E-state index contributed by atoms with van der Waals surface area (Å²) in [5.74, 6) is 1.65. The zero-order valence-corrected chi connectivity index (χ0v) is 17.9. The molecule has 1 aromatic heterocycles. The van der Waals surface area contributed by atoms with E-state index in [1.807, 2.05) is 48.2 Å². The number of anilines is 1. The largest absolute Gasteiger partial charge is 0.497 e. The summed E-state index contributed by atoms with van der Waals surface area (Å²) in [6.07, 6.45) is 3.98. The average Bonchev–Trinajstić information content (AvgIpc) is 3.31. The third-order valence-corrected chi connectivity index (χ3v) is 6.27. The Morgan fingerprint density at radius 2 is 1.94 bits per heavy atom. The van der Waals surface area contributed by atoms with Crippen molar-refractivity contribution >= 4 is 11.6 Å². The molecule has 0 bridgehead atoms. The molecule has 1 saturated heterocycles. The maximum Gasteiger partial charge on any atom is 0.253 e. The van der Waals surface area contributed by atoms with Crippen molar-refractivity contribution in [3.8, 4) is 17.2 Å². The molecule has 0 saturated carbocycles. The van der Waals surface area contributed by atoms with Crippen molar-refractivity contribution in [2.45, 2.75) is 25.3 Å². The van der Waals surface area contributed by atoms with Crippen LogP contribution < -0.4 is 14.8 Å². The Hall–Kier alpha value is -3.41. The van der Waals surface area contributed by atoms with E-state index in [4.69, 9.17) is 9.47 Å². The smallest absolute Gasteiger partial charge is 0.253 e. The molecule has 0 aliphatic carbocycles. The minimum Gasteiger partial charge on any atom is -0.497 e. The fourth-order valence-corrected chi connectivity index (χ4v) is 4.84. The first-order chi connectivity index (χ1) is 15.1. The van der Waals surface area contributed by atoms with Crippen LogP contribution >= 0.6 is 0 Å². The predicted molar refractivity (Wildman–Crippen MR) is 120 cm³/mol. The molecule has 2 aromatic carbocycles. The Kier molecular flexibility index (Phi) is 4.85. The second-order valence-electron chi connectivity index (χ2n) is 8.14. The molecule has 6 nitrogen and oxygen atoms in total. The standard InChI is InChI=1S/C25H27N3O3/c1-3-31-19-9-7-18(8-10-19)24(29)27-14-5-13-25(17-27)23-6-4-15-28(23)22-12-11-20(30-2)16-21(22)26-25/h4,6-12,15-16,26H,3,5,13-14,17H2,1-2H3. The summed E-state index contributed by atoms with van der Waals surface area (Å²) in [7, 11) is 1.68. The van der Waals surface area contributed by atoms with E-state index in [2.05, 4.69) is 34.3 Å². The number of hydrogen-bond acceptors (Lipinski definition) is 4. The van der Waals surface area contributed by atoms with Crippen molar-refractivity contribution in [2.24, 2.45) is 0 Å². The SMILES string of the molecule is CCOc1ccc(C(=O)N2CCCC3(C2)Nc2cc(OC)ccc2-n2cccc23)cc1. The molecule has 1 N–H and O–H groups in total. The first-order valence-corrected chi connectivity index (χ1v) is 10.8. The van der Waals surface area contributed by atoms with Crippen molar-refractivity contribution < 1.29 is 14.3 Å². The Labute approximate surface area is 182 Å². The van der Waals surface area contributed by atoms with Crippen molar-refractivity contribution in [2.75, 3.05) is 32.1 Å². The quantitative estimate of drug-likeness (QED) is 0.682. The highest BCUT2D eigenvalue weighted by molar-refractivity contribution is 5.94. The number of aromatic nitrogens is 1. The highest BCUT2D eigenvalue weighted by atomic mass is 16.5. The molecule has 5 rings (SSSR count). The van der Waals surface area contributed by atoms with Crippen molar-refractivity contribution in [3.05, 3.63) is 72.1 Å². The summed E-state index contributed by atoms with van der Waals surface area (Å²) in [6.45, 7) is 3.92. The van der Waals surface area contributed by atoms with Crippen LogP contribution in [-0.2, 0) is 5.54 Å². The molecule has 3 heterocycles. The van der Waals surface area contributed by atoms with Crippen molar-refractivity contribution in [1.82, 2.24) is 9.47 Å². The van der Waals surface area contributed by atoms with Gasteiger partial charge in [-0.05, 0) is 68.3 Å². The Balaban J connectivity index is 1.46. The number of carbonyl (C=O) groups excluding carboxylic acids is 1. The monoisotopic (exact) mass is 417 g/mol.